The summed E-state index contributed by atoms with van der Waals surface area (Å²) in [5.74, 6) is 6.25. The Morgan fingerprint density at radius 1 is 1.06 bits per heavy atom. The fraction of sp³-hybridized carbons (Fsp3) is 0.190. The molecule has 0 saturated heterocycles. The van der Waals surface area contributed by atoms with E-state index in [9.17, 15) is 21.6 Å². The van der Waals surface area contributed by atoms with Crippen LogP contribution in [0.2, 0.25) is 0 Å². The molecule has 1 aromatic heterocycles. The number of ether oxygens (including phenoxy) is 1. The van der Waals surface area contributed by atoms with E-state index in [0.29, 0.717) is 23.3 Å². The van der Waals surface area contributed by atoms with Gasteiger partial charge in [0.25, 0.3) is 0 Å². The Kier molecular flexibility index (Phi) is 6.38. The van der Waals surface area contributed by atoms with Crippen LogP contribution >= 0.6 is 0 Å². The first-order chi connectivity index (χ1) is 14.5. The monoisotopic (exact) mass is 449 g/mol. The lowest BCUT2D eigenvalue weighted by Crippen LogP contribution is -2.11. The maximum atomic E-state index is 12.6. The van der Waals surface area contributed by atoms with Crippen LogP contribution in [-0.4, -0.2) is 24.8 Å². The molecule has 0 saturated carbocycles. The highest BCUT2D eigenvalue weighted by Gasteiger charge is 2.30. The normalized spacial score (nSPS) is 11.6. The van der Waals surface area contributed by atoms with Crippen molar-refractivity contribution in [2.45, 2.75) is 17.5 Å². The second-order valence-electron chi connectivity index (χ2n) is 6.57. The molecule has 2 N–H and O–H groups in total. The topological polar surface area (TPSA) is 87.2 Å². The lowest BCUT2D eigenvalue weighted by atomic mass is 10.1. The SMILES string of the molecule is Cn1ncc(C#Cc2ccc(S(N)(=O)=O)cc2)c1CCOc1ccc(C(F)(F)F)cc1. The third kappa shape index (κ3) is 5.87. The van der Waals surface area contributed by atoms with Crippen molar-refractivity contribution in [3.63, 3.8) is 0 Å². The summed E-state index contributed by atoms with van der Waals surface area (Å²) in [4.78, 5) is 0.000492. The van der Waals surface area contributed by atoms with Gasteiger partial charge in [-0.15, -0.1) is 0 Å². The van der Waals surface area contributed by atoms with Gasteiger partial charge in [0.15, 0.2) is 0 Å². The number of nitrogens with two attached hydrogens (primary N) is 1. The molecule has 6 nitrogen and oxygen atoms in total. The Hall–Kier alpha value is -3.29. The lowest BCUT2D eigenvalue weighted by molar-refractivity contribution is -0.137. The number of nitrogens with zero attached hydrogens (tertiary/aromatic N) is 2. The summed E-state index contributed by atoms with van der Waals surface area (Å²) in [5.41, 5.74) is 1.32. The van der Waals surface area contributed by atoms with Crippen molar-refractivity contribution < 1.29 is 26.3 Å². The van der Waals surface area contributed by atoms with Crippen molar-refractivity contribution in [2.24, 2.45) is 12.2 Å². The highest BCUT2D eigenvalue weighted by Crippen LogP contribution is 2.30. The number of aromatic nitrogens is 2. The minimum absolute atomic E-state index is 0.000492. The third-order valence-electron chi connectivity index (χ3n) is 4.38. The Labute approximate surface area is 177 Å². The van der Waals surface area contributed by atoms with Crippen LogP contribution in [0, 0.1) is 11.8 Å². The first-order valence-electron chi connectivity index (χ1n) is 9.00. The molecule has 0 unspecified atom stereocenters. The van der Waals surface area contributed by atoms with E-state index in [1.807, 2.05) is 0 Å². The summed E-state index contributed by atoms with van der Waals surface area (Å²) in [5, 5.41) is 9.25. The molecule has 0 aliphatic rings. The molecule has 0 spiro atoms. The predicted molar refractivity (Wildman–Crippen MR) is 108 cm³/mol. The zero-order valence-corrected chi connectivity index (χ0v) is 17.2. The van der Waals surface area contributed by atoms with Gasteiger partial charge in [0, 0.05) is 19.0 Å². The molecule has 0 aliphatic carbocycles. The summed E-state index contributed by atoms with van der Waals surface area (Å²) >= 11 is 0. The van der Waals surface area contributed by atoms with Gasteiger partial charge in [-0.1, -0.05) is 11.8 Å². The highest BCUT2D eigenvalue weighted by atomic mass is 32.2. The molecular weight excluding hydrogens is 431 g/mol. The molecule has 3 aromatic rings. The van der Waals surface area contributed by atoms with Crippen LogP contribution in [0.4, 0.5) is 13.2 Å². The molecule has 162 valence electrons. The van der Waals surface area contributed by atoms with Crippen molar-refractivity contribution in [3.05, 3.63) is 77.1 Å². The van der Waals surface area contributed by atoms with Crippen LogP contribution in [0.15, 0.2) is 59.6 Å². The first kappa shape index (κ1) is 22.4. The molecule has 0 bridgehead atoms. The van der Waals surface area contributed by atoms with Gasteiger partial charge in [-0.3, -0.25) is 4.68 Å². The molecular formula is C21H18F3N3O3S. The van der Waals surface area contributed by atoms with E-state index in [0.717, 1.165) is 17.8 Å². The Balaban J connectivity index is 1.66. The van der Waals surface area contributed by atoms with Gasteiger partial charge in [-0.25, -0.2) is 13.6 Å². The molecule has 0 fully saturated rings. The van der Waals surface area contributed by atoms with E-state index in [1.165, 1.54) is 24.3 Å². The van der Waals surface area contributed by atoms with Crippen LogP contribution in [0.1, 0.15) is 22.4 Å². The van der Waals surface area contributed by atoms with E-state index in [-0.39, 0.29) is 11.5 Å². The average Bonchev–Trinajstić information content (AvgIpc) is 3.05. The van der Waals surface area contributed by atoms with E-state index in [1.54, 1.807) is 30.1 Å². The van der Waals surface area contributed by atoms with Gasteiger partial charge in [-0.05, 0) is 48.5 Å². The maximum absolute atomic E-state index is 12.6. The third-order valence-corrected chi connectivity index (χ3v) is 5.30. The molecule has 0 atom stereocenters. The van der Waals surface area contributed by atoms with E-state index in [4.69, 9.17) is 9.88 Å². The summed E-state index contributed by atoms with van der Waals surface area (Å²) in [6.07, 6.45) is -2.36. The lowest BCUT2D eigenvalue weighted by Gasteiger charge is -2.09. The van der Waals surface area contributed by atoms with Crippen LogP contribution in [0.25, 0.3) is 0 Å². The number of primary sulfonamides is 1. The maximum Gasteiger partial charge on any atom is 0.416 e. The van der Waals surface area contributed by atoms with Gasteiger partial charge in [0.05, 0.1) is 34.5 Å². The number of hydrogen-bond acceptors (Lipinski definition) is 4. The molecule has 0 radical (unpaired) electrons. The number of rotatable bonds is 5. The molecule has 3 rings (SSSR count). The van der Waals surface area contributed by atoms with Crippen molar-refractivity contribution in [2.75, 3.05) is 6.61 Å². The Bertz CT molecular complexity index is 1220. The quantitative estimate of drug-likeness (QED) is 0.607. The second kappa shape index (κ2) is 8.83. The van der Waals surface area contributed by atoms with Crippen molar-refractivity contribution >= 4 is 10.0 Å². The van der Waals surface area contributed by atoms with Crippen molar-refractivity contribution in [3.8, 4) is 17.6 Å². The molecule has 10 heteroatoms. The molecule has 0 aliphatic heterocycles. The Morgan fingerprint density at radius 2 is 1.71 bits per heavy atom. The Morgan fingerprint density at radius 3 is 2.29 bits per heavy atom. The number of benzene rings is 2. The van der Waals surface area contributed by atoms with Gasteiger partial charge in [0.2, 0.25) is 10.0 Å². The first-order valence-corrected chi connectivity index (χ1v) is 10.5. The van der Waals surface area contributed by atoms with Crippen molar-refractivity contribution in [1.82, 2.24) is 9.78 Å². The number of sulfonamides is 1. The molecule has 31 heavy (non-hydrogen) atoms. The second-order valence-corrected chi connectivity index (χ2v) is 8.13. The molecule has 1 heterocycles. The van der Waals surface area contributed by atoms with Crippen LogP contribution in [0.5, 0.6) is 5.75 Å². The number of hydrogen-bond donors (Lipinski definition) is 1. The minimum atomic E-state index is -4.39. The number of halogens is 3. The fourth-order valence-corrected chi connectivity index (χ4v) is 3.25. The van der Waals surface area contributed by atoms with Crippen LogP contribution in [0.3, 0.4) is 0 Å². The van der Waals surface area contributed by atoms with E-state index < -0.39 is 21.8 Å². The highest BCUT2D eigenvalue weighted by molar-refractivity contribution is 7.89. The zero-order valence-electron chi connectivity index (χ0n) is 16.3. The number of aryl methyl sites for hydroxylation is 1. The van der Waals surface area contributed by atoms with Gasteiger partial charge < -0.3 is 4.74 Å². The van der Waals surface area contributed by atoms with Crippen LogP contribution in [-0.2, 0) is 29.7 Å². The predicted octanol–water partition coefficient (Wildman–Crippen LogP) is 3.11. The van der Waals surface area contributed by atoms with Gasteiger partial charge in [0.1, 0.15) is 5.75 Å². The van der Waals surface area contributed by atoms with E-state index in [2.05, 4.69) is 16.9 Å². The minimum Gasteiger partial charge on any atom is -0.493 e. The van der Waals surface area contributed by atoms with Gasteiger partial charge >= 0.3 is 6.18 Å². The average molecular weight is 449 g/mol. The smallest absolute Gasteiger partial charge is 0.416 e. The van der Waals surface area contributed by atoms with Gasteiger partial charge in [-0.2, -0.15) is 18.3 Å². The van der Waals surface area contributed by atoms with Crippen LogP contribution < -0.4 is 9.88 Å². The number of alkyl halides is 3. The summed E-state index contributed by atoms with van der Waals surface area (Å²) < 4.78 is 67.6. The fourth-order valence-electron chi connectivity index (χ4n) is 2.74. The molecule has 0 amide bonds. The standard InChI is InChI=1S/C21H18F3N3O3S/c1-27-20(12-13-30-18-8-6-17(7-9-18)21(22,23)24)16(14-26-27)5-2-15-3-10-19(11-4-15)31(25,28)29/h3-4,6-11,14H,12-13H2,1H3,(H2,25,28,29). The van der Waals surface area contributed by atoms with Crippen molar-refractivity contribution in [1.29, 1.82) is 0 Å². The zero-order chi connectivity index (χ0) is 22.6. The summed E-state index contributed by atoms with van der Waals surface area (Å²) in [6, 6.07) is 10.3. The summed E-state index contributed by atoms with van der Waals surface area (Å²) in [6.45, 7) is 0.225. The largest absolute Gasteiger partial charge is 0.493 e. The van der Waals surface area contributed by atoms with E-state index >= 15 is 0 Å². The summed E-state index contributed by atoms with van der Waals surface area (Å²) in [7, 11) is -2.01. The molecule has 2 aromatic carbocycles.